The molecule has 3 N–H and O–H groups in total. The van der Waals surface area contributed by atoms with Crippen molar-refractivity contribution in [2.45, 2.75) is 292 Å². The topological polar surface area (TPSA) is 289 Å². The molecule has 5 saturated carbocycles. The number of halogens is 3. The van der Waals surface area contributed by atoms with Crippen molar-refractivity contribution >= 4 is 70.9 Å². The van der Waals surface area contributed by atoms with Crippen molar-refractivity contribution in [3.05, 3.63) is 12.2 Å². The van der Waals surface area contributed by atoms with Gasteiger partial charge in [0.25, 0.3) is 0 Å². The summed E-state index contributed by atoms with van der Waals surface area (Å²) in [5.41, 5.74) is -2.16. The first-order chi connectivity index (χ1) is 51.5. The zero-order valence-electron chi connectivity index (χ0n) is 67.2. The number of hydrogen-bond donors (Lipinski definition) is 3. The van der Waals surface area contributed by atoms with Gasteiger partial charge in [0.2, 0.25) is 70.9 Å². The predicted octanol–water partition coefficient (Wildman–Crippen LogP) is 6.60. The van der Waals surface area contributed by atoms with Gasteiger partial charge in [-0.3, -0.25) is 57.5 Å². The fraction of sp³-hybridized carbons (Fsp3) is 0.825. The molecule has 0 aromatic rings. The van der Waals surface area contributed by atoms with E-state index in [1.807, 2.05) is 26.8 Å². The molecule has 29 heteroatoms. The van der Waals surface area contributed by atoms with Crippen molar-refractivity contribution in [3.63, 3.8) is 0 Å². The Morgan fingerprint density at radius 1 is 0.615 bits per heavy atom. The quantitative estimate of drug-likeness (QED) is 0.153. The molecule has 0 aromatic carbocycles. The average Bonchev–Trinajstić information content (AvgIpc) is 1.46. The standard InChI is InChI=1S/C80H127F3N12O14/c1-14-49(2)67-75(105)89(8)46-66(98)91(10)59-30-19-16-22-39-94(74(59)104)62-40-51-33-31-50(32-34-51)24-17-15-18-29-58(69(99)85-67)90(9)65(97)43-61(72(102)87(5)6)92(11)76(106)68(53-25-20-21-26-53)93(12)77(107)79(47-78(3,4)48-79)86-70(100)60-42-55(109-54-27-23-28-54)44-95(60)71(101)57(84-64(96)45-88(7)73(62)103)38-36-52-35-37-56(80(81,82)83)63(41-52)108-13/h16,19,49-63,67-68H,14-15,17-18,20-48H2,1-13H3,(H,84,96)(H,85,99)(H,86,100)/b19-16-/t49-,50?,51?,52?,55+,56?,57-,58-,59-,60-,61-,62-,63?,67-,68-/m0/s1. The van der Waals surface area contributed by atoms with Crippen LogP contribution in [0.15, 0.2) is 12.2 Å². The molecule has 6 aliphatic heterocycles. The predicted molar refractivity (Wildman–Crippen MR) is 401 cm³/mol. The second-order valence-corrected chi connectivity index (χ2v) is 34.9. The number of ether oxygens (including phenoxy) is 2. The molecule has 0 aromatic heterocycles. The second-order valence-electron chi connectivity index (χ2n) is 34.9. The SMILES string of the molecule is CC[C@H](C)[C@@H]1NC(=O)[C@@H]2CCCCCC3CCC(CC3)C[C@@H](C(=O)N(C)CC(=O)N[C@@H](CCC3CCC(C(F)(F)F)C(OC)C3)C(=O)N3C[C@H](OC4CCC4)C[C@H]3C(=O)NC3(CC(C)(C)C3)C(=O)N(C)[C@@H](C3CCCC3)C(=O)N(C)[C@H](C(=O)N(C)C)CC(=O)N2C)N2CC/C=C\C[C@@H](C2=O)N(C)C(=O)CN(C)C1=O. The number of hydrogen-bond acceptors (Lipinski definition) is 14. The third-order valence-electron chi connectivity index (χ3n) is 26.2. The molecule has 1 spiro atoms. The summed E-state index contributed by atoms with van der Waals surface area (Å²) >= 11 is 0. The van der Waals surface area contributed by atoms with E-state index in [1.54, 1.807) is 13.0 Å². The van der Waals surface area contributed by atoms with Crippen molar-refractivity contribution in [2.24, 2.45) is 40.9 Å². The van der Waals surface area contributed by atoms with Crippen LogP contribution < -0.4 is 16.0 Å². The van der Waals surface area contributed by atoms with Gasteiger partial charge in [-0.05, 0) is 138 Å². The summed E-state index contributed by atoms with van der Waals surface area (Å²) in [6.07, 6.45) is 8.84. The molecular formula is C80H127F3N12O14. The molecule has 6 heterocycles. The van der Waals surface area contributed by atoms with Gasteiger partial charge >= 0.3 is 6.18 Å². The van der Waals surface area contributed by atoms with Crippen LogP contribution in [-0.2, 0) is 67.0 Å². The molecule has 6 bridgehead atoms. The number of nitrogens with zero attached hydrogens (tertiary/aromatic N) is 9. The Bertz CT molecular complexity index is 3290. The van der Waals surface area contributed by atoms with Gasteiger partial charge in [-0.1, -0.05) is 110 Å². The molecule has 12 amide bonds. The van der Waals surface area contributed by atoms with E-state index in [9.17, 15) is 27.6 Å². The maximum Gasteiger partial charge on any atom is 0.394 e. The van der Waals surface area contributed by atoms with Crippen molar-refractivity contribution in [1.82, 2.24) is 60.0 Å². The van der Waals surface area contributed by atoms with E-state index >= 15 is 43.2 Å². The molecule has 0 radical (unpaired) electrons. The number of carbonyl (C=O) groups excluding carboxylic acids is 12. The molecule has 10 fully saturated rings. The van der Waals surface area contributed by atoms with Gasteiger partial charge in [-0.15, -0.1) is 0 Å². The lowest BCUT2D eigenvalue weighted by molar-refractivity contribution is -0.215. The fourth-order valence-electron chi connectivity index (χ4n) is 19.3. The maximum atomic E-state index is 15.9. The lowest BCUT2D eigenvalue weighted by atomic mass is 9.58. The van der Waals surface area contributed by atoms with E-state index in [-0.39, 0.29) is 102 Å². The van der Waals surface area contributed by atoms with Crippen LogP contribution in [0.2, 0.25) is 0 Å². The van der Waals surface area contributed by atoms with E-state index in [0.29, 0.717) is 44.4 Å². The highest BCUT2D eigenvalue weighted by Gasteiger charge is 2.60. The van der Waals surface area contributed by atoms with Gasteiger partial charge in [0, 0.05) is 83.0 Å². The monoisotopic (exact) mass is 1540 g/mol. The minimum absolute atomic E-state index is 0.00474. The average molecular weight is 1540 g/mol. The summed E-state index contributed by atoms with van der Waals surface area (Å²) in [5.74, 6) is -10.3. The Labute approximate surface area is 643 Å². The van der Waals surface area contributed by atoms with Crippen molar-refractivity contribution in [2.75, 3.05) is 89.7 Å². The van der Waals surface area contributed by atoms with Crippen LogP contribution in [0.3, 0.4) is 0 Å². The summed E-state index contributed by atoms with van der Waals surface area (Å²) in [7, 11) is 13.0. The highest BCUT2D eigenvalue weighted by Crippen LogP contribution is 2.50. The minimum atomic E-state index is -4.52. The maximum absolute atomic E-state index is 15.9. The first kappa shape index (κ1) is 86.1. The lowest BCUT2D eigenvalue weighted by Gasteiger charge is -2.54. The molecule has 11 aliphatic rings. The molecule has 11 rings (SSSR count). The molecule has 13 atom stereocenters. The third kappa shape index (κ3) is 20.7. The Morgan fingerprint density at radius 2 is 1.26 bits per heavy atom. The van der Waals surface area contributed by atoms with Gasteiger partial charge in [-0.2, -0.15) is 13.2 Å². The number of amides is 12. The first-order valence-electron chi connectivity index (χ1n) is 40.7. The summed E-state index contributed by atoms with van der Waals surface area (Å²) < 4.78 is 55.3. The van der Waals surface area contributed by atoms with E-state index in [2.05, 4.69) is 16.0 Å². The number of nitrogens with one attached hydrogen (secondary N) is 3. The molecule has 3 unspecified atom stereocenters. The van der Waals surface area contributed by atoms with Crippen molar-refractivity contribution in [1.29, 1.82) is 0 Å². The van der Waals surface area contributed by atoms with Crippen molar-refractivity contribution in [3.8, 4) is 0 Å². The van der Waals surface area contributed by atoms with Gasteiger partial charge < -0.3 is 69.5 Å². The Balaban J connectivity index is 1.15. The highest BCUT2D eigenvalue weighted by molar-refractivity contribution is 6.01. The van der Waals surface area contributed by atoms with Crippen LogP contribution in [-0.4, -0.2) is 283 Å². The van der Waals surface area contributed by atoms with Crippen LogP contribution in [0.4, 0.5) is 13.2 Å². The number of carbonyl (C=O) groups is 12. The first-order valence-corrected chi connectivity index (χ1v) is 40.7. The van der Waals surface area contributed by atoms with Gasteiger partial charge in [0.05, 0.1) is 43.7 Å². The number of fused-ring (bicyclic) bond motifs is 22. The molecular weight excluding hydrogens is 1410 g/mol. The number of likely N-dealkylation sites (N-methyl/N-ethyl adjacent to an activating group) is 7. The second kappa shape index (κ2) is 37.2. The third-order valence-corrected chi connectivity index (χ3v) is 26.2. The van der Waals surface area contributed by atoms with Crippen LogP contribution in [0.5, 0.6) is 0 Å². The number of rotatable bonds is 10. The summed E-state index contributed by atoms with van der Waals surface area (Å²) in [6, 6.07) is -10.0. The number of alkyl halides is 3. The minimum Gasteiger partial charge on any atom is -0.381 e. The Hall–Kier alpha value is -6.91. The largest absolute Gasteiger partial charge is 0.394 e. The molecule has 26 nitrogen and oxygen atoms in total. The van der Waals surface area contributed by atoms with E-state index in [4.69, 9.17) is 9.47 Å². The number of methoxy groups -OCH3 is 1. The Kier molecular flexibility index (Phi) is 29.3. The zero-order valence-corrected chi connectivity index (χ0v) is 67.2. The smallest absolute Gasteiger partial charge is 0.381 e. The lowest BCUT2D eigenvalue weighted by Crippen LogP contribution is -2.71. The summed E-state index contributed by atoms with van der Waals surface area (Å²) in [5, 5.41) is 9.06. The van der Waals surface area contributed by atoms with Gasteiger partial charge in [0.15, 0.2) is 0 Å². The van der Waals surface area contributed by atoms with Crippen molar-refractivity contribution < 1.29 is 80.2 Å². The fourth-order valence-corrected chi connectivity index (χ4v) is 19.3. The normalized spacial score (nSPS) is 33.0. The highest BCUT2D eigenvalue weighted by atomic mass is 19.4. The van der Waals surface area contributed by atoms with Gasteiger partial charge in [0.1, 0.15) is 53.9 Å². The molecule has 109 heavy (non-hydrogen) atoms. The summed E-state index contributed by atoms with van der Waals surface area (Å²) in [4.78, 5) is 196. The van der Waals surface area contributed by atoms with Crippen LogP contribution in [0.1, 0.15) is 214 Å². The zero-order chi connectivity index (χ0) is 79.7. The van der Waals surface area contributed by atoms with Crippen LogP contribution >= 0.6 is 0 Å². The molecule has 612 valence electrons. The van der Waals surface area contributed by atoms with Crippen LogP contribution in [0.25, 0.3) is 0 Å². The van der Waals surface area contributed by atoms with Gasteiger partial charge in [-0.25, -0.2) is 0 Å². The van der Waals surface area contributed by atoms with Crippen LogP contribution in [0, 0.1) is 40.9 Å². The summed E-state index contributed by atoms with van der Waals surface area (Å²) in [6.45, 7) is 6.39. The molecule has 5 aliphatic carbocycles. The van der Waals surface area contributed by atoms with E-state index in [0.717, 1.165) is 70.6 Å². The Morgan fingerprint density at radius 3 is 1.88 bits per heavy atom. The molecule has 5 saturated heterocycles. The van der Waals surface area contributed by atoms with E-state index in [1.165, 1.54) is 108 Å². The van der Waals surface area contributed by atoms with E-state index < -0.39 is 186 Å².